The van der Waals surface area contributed by atoms with Gasteiger partial charge in [0.2, 0.25) is 5.56 Å². The molecular weight excluding hydrogens is 218 g/mol. The van der Waals surface area contributed by atoms with Crippen LogP contribution < -0.4 is 5.56 Å². The smallest absolute Gasteiger partial charge is 0.338 e. The van der Waals surface area contributed by atoms with E-state index in [1.807, 2.05) is 0 Å². The van der Waals surface area contributed by atoms with Crippen molar-refractivity contribution >= 4 is 5.97 Å². The van der Waals surface area contributed by atoms with E-state index in [0.717, 1.165) is 0 Å². The molecule has 4 heteroatoms. The van der Waals surface area contributed by atoms with E-state index in [2.05, 4.69) is 4.98 Å². The molecule has 2 aromatic rings. The lowest BCUT2D eigenvalue weighted by atomic mass is 10.0. The quantitative estimate of drug-likeness (QED) is 0.799. The molecule has 0 spiro atoms. The summed E-state index contributed by atoms with van der Waals surface area (Å²) >= 11 is 0. The van der Waals surface area contributed by atoms with Crippen LogP contribution in [0.1, 0.15) is 10.4 Å². The zero-order chi connectivity index (χ0) is 12.3. The number of pyridine rings is 1. The van der Waals surface area contributed by atoms with Crippen molar-refractivity contribution in [3.8, 4) is 11.3 Å². The fourth-order valence-corrected chi connectivity index (χ4v) is 1.61. The molecule has 17 heavy (non-hydrogen) atoms. The van der Waals surface area contributed by atoms with Crippen molar-refractivity contribution in [3.05, 3.63) is 58.4 Å². The summed E-state index contributed by atoms with van der Waals surface area (Å²) in [5, 5.41) is 0. The molecule has 0 aliphatic heterocycles. The van der Waals surface area contributed by atoms with Gasteiger partial charge in [-0.2, -0.15) is 0 Å². The fraction of sp³-hybridized carbons (Fsp3) is 0.0769. The van der Waals surface area contributed by atoms with E-state index >= 15 is 0 Å². The summed E-state index contributed by atoms with van der Waals surface area (Å²) in [5.74, 6) is -0.426. The van der Waals surface area contributed by atoms with Crippen molar-refractivity contribution < 1.29 is 9.53 Å². The first-order valence-electron chi connectivity index (χ1n) is 5.09. The van der Waals surface area contributed by atoms with E-state index in [0.29, 0.717) is 16.8 Å². The van der Waals surface area contributed by atoms with Gasteiger partial charge in [-0.15, -0.1) is 0 Å². The van der Waals surface area contributed by atoms with Gasteiger partial charge in [0.15, 0.2) is 0 Å². The van der Waals surface area contributed by atoms with E-state index in [4.69, 9.17) is 4.74 Å². The molecule has 0 radical (unpaired) electrons. The van der Waals surface area contributed by atoms with Gasteiger partial charge in [0.05, 0.1) is 12.7 Å². The highest BCUT2D eigenvalue weighted by Gasteiger charge is 2.12. The average Bonchev–Trinajstić information content (AvgIpc) is 2.38. The number of hydrogen-bond donors (Lipinski definition) is 1. The molecule has 86 valence electrons. The summed E-state index contributed by atoms with van der Waals surface area (Å²) in [6.07, 6.45) is 0. The highest BCUT2D eigenvalue weighted by Crippen LogP contribution is 2.21. The number of carbonyl (C=O) groups excluding carboxylic acids is 1. The van der Waals surface area contributed by atoms with Gasteiger partial charge in [-0.1, -0.05) is 24.3 Å². The van der Waals surface area contributed by atoms with Crippen molar-refractivity contribution in [3.63, 3.8) is 0 Å². The lowest BCUT2D eigenvalue weighted by Gasteiger charge is -2.07. The number of nitrogens with one attached hydrogen (secondary N) is 1. The van der Waals surface area contributed by atoms with Crippen LogP contribution in [-0.4, -0.2) is 18.1 Å². The number of H-pyrrole nitrogens is 1. The van der Waals surface area contributed by atoms with Crippen molar-refractivity contribution in [2.75, 3.05) is 7.11 Å². The maximum absolute atomic E-state index is 11.6. The largest absolute Gasteiger partial charge is 0.465 e. The number of carbonyl (C=O) groups is 1. The highest BCUT2D eigenvalue weighted by molar-refractivity contribution is 5.96. The molecule has 0 atom stereocenters. The number of aromatic nitrogens is 1. The van der Waals surface area contributed by atoms with Gasteiger partial charge in [-0.3, -0.25) is 4.79 Å². The number of hydrogen-bond acceptors (Lipinski definition) is 3. The Morgan fingerprint density at radius 3 is 2.59 bits per heavy atom. The van der Waals surface area contributed by atoms with E-state index in [1.54, 1.807) is 36.4 Å². The highest BCUT2D eigenvalue weighted by atomic mass is 16.5. The Morgan fingerprint density at radius 1 is 1.12 bits per heavy atom. The van der Waals surface area contributed by atoms with Crippen LogP contribution in [0.3, 0.4) is 0 Å². The molecule has 0 unspecified atom stereocenters. The zero-order valence-electron chi connectivity index (χ0n) is 9.27. The summed E-state index contributed by atoms with van der Waals surface area (Å²) in [5.41, 5.74) is 1.47. The zero-order valence-corrected chi connectivity index (χ0v) is 9.27. The molecular formula is C13H11NO3. The molecule has 0 aliphatic carbocycles. The molecule has 0 amide bonds. The molecule has 1 aromatic heterocycles. The predicted octanol–water partition coefficient (Wildman–Crippen LogP) is 1.83. The van der Waals surface area contributed by atoms with E-state index in [1.165, 1.54) is 13.2 Å². The lowest BCUT2D eigenvalue weighted by Crippen LogP contribution is -2.07. The van der Waals surface area contributed by atoms with Gasteiger partial charge in [-0.05, 0) is 12.1 Å². The maximum Gasteiger partial charge on any atom is 0.338 e. The molecule has 0 saturated carbocycles. The second-order valence-corrected chi connectivity index (χ2v) is 3.47. The molecule has 1 heterocycles. The third-order valence-corrected chi connectivity index (χ3v) is 2.39. The average molecular weight is 229 g/mol. The maximum atomic E-state index is 11.6. The summed E-state index contributed by atoms with van der Waals surface area (Å²) in [7, 11) is 1.33. The summed E-state index contributed by atoms with van der Waals surface area (Å²) in [6.45, 7) is 0. The van der Waals surface area contributed by atoms with Crippen LogP contribution in [0.25, 0.3) is 11.3 Å². The van der Waals surface area contributed by atoms with Gasteiger partial charge in [-0.25, -0.2) is 4.79 Å². The van der Waals surface area contributed by atoms with Gasteiger partial charge in [0, 0.05) is 17.3 Å². The number of methoxy groups -OCH3 is 1. The van der Waals surface area contributed by atoms with Crippen LogP contribution in [0.2, 0.25) is 0 Å². The van der Waals surface area contributed by atoms with Crippen molar-refractivity contribution in [2.24, 2.45) is 0 Å². The third kappa shape index (κ3) is 2.25. The predicted molar refractivity (Wildman–Crippen MR) is 63.8 cm³/mol. The van der Waals surface area contributed by atoms with Crippen LogP contribution in [0.5, 0.6) is 0 Å². The lowest BCUT2D eigenvalue weighted by molar-refractivity contribution is 0.0601. The third-order valence-electron chi connectivity index (χ3n) is 2.39. The second-order valence-electron chi connectivity index (χ2n) is 3.47. The molecule has 1 N–H and O–H groups in total. The number of rotatable bonds is 2. The van der Waals surface area contributed by atoms with Gasteiger partial charge in [0.1, 0.15) is 0 Å². The molecule has 0 aliphatic rings. The first-order valence-corrected chi connectivity index (χ1v) is 5.09. The minimum absolute atomic E-state index is 0.206. The van der Waals surface area contributed by atoms with Crippen LogP contribution >= 0.6 is 0 Å². The van der Waals surface area contributed by atoms with Crippen LogP contribution in [0.4, 0.5) is 0 Å². The van der Waals surface area contributed by atoms with Gasteiger partial charge < -0.3 is 9.72 Å². The Morgan fingerprint density at radius 2 is 1.88 bits per heavy atom. The number of benzene rings is 1. The van der Waals surface area contributed by atoms with Crippen LogP contribution in [0.15, 0.2) is 47.3 Å². The summed E-state index contributed by atoms with van der Waals surface area (Å²) in [6, 6.07) is 11.8. The Balaban J connectivity index is 2.59. The number of esters is 1. The van der Waals surface area contributed by atoms with Crippen LogP contribution in [0, 0.1) is 0 Å². The van der Waals surface area contributed by atoms with E-state index < -0.39 is 5.97 Å². The second kappa shape index (κ2) is 4.65. The van der Waals surface area contributed by atoms with Crippen LogP contribution in [-0.2, 0) is 4.74 Å². The normalized spacial score (nSPS) is 9.94. The fourth-order valence-electron chi connectivity index (χ4n) is 1.61. The number of aromatic amines is 1. The Bertz CT molecular complexity index is 601. The van der Waals surface area contributed by atoms with Crippen molar-refractivity contribution in [1.29, 1.82) is 0 Å². The Kier molecular flexibility index (Phi) is 3.05. The van der Waals surface area contributed by atoms with Crippen molar-refractivity contribution in [1.82, 2.24) is 4.98 Å². The summed E-state index contributed by atoms with van der Waals surface area (Å²) < 4.78 is 4.70. The minimum atomic E-state index is -0.426. The van der Waals surface area contributed by atoms with E-state index in [-0.39, 0.29) is 5.56 Å². The molecule has 0 bridgehead atoms. The molecule has 2 rings (SSSR count). The minimum Gasteiger partial charge on any atom is -0.465 e. The van der Waals surface area contributed by atoms with Gasteiger partial charge in [0.25, 0.3) is 0 Å². The molecule has 4 nitrogen and oxygen atoms in total. The van der Waals surface area contributed by atoms with Gasteiger partial charge >= 0.3 is 5.97 Å². The topological polar surface area (TPSA) is 59.2 Å². The first kappa shape index (κ1) is 11.1. The standard InChI is InChI=1S/C13H11NO3/c1-17-13(16)10-6-3-2-5-9(10)11-7-4-8-12(15)14-11/h2-8H,1H3,(H,14,15). The van der Waals surface area contributed by atoms with Crippen molar-refractivity contribution in [2.45, 2.75) is 0 Å². The SMILES string of the molecule is COC(=O)c1ccccc1-c1cccc(=O)[nH]1. The first-order chi connectivity index (χ1) is 8.22. The van der Waals surface area contributed by atoms with E-state index in [9.17, 15) is 9.59 Å². The summed E-state index contributed by atoms with van der Waals surface area (Å²) in [4.78, 5) is 25.5. The monoisotopic (exact) mass is 229 g/mol. The Hall–Kier alpha value is -2.36. The molecule has 0 saturated heterocycles. The Labute approximate surface area is 97.9 Å². The molecule has 1 aromatic carbocycles. The number of ether oxygens (including phenoxy) is 1. The molecule has 0 fully saturated rings.